The SMILES string of the molecule is CC1=C(/C=C(\C)C(C)(C)C)B2c3c(cc(C)cc3-n3c(-c4c(C)cc(C(C)(C)C)cc4C)nc4cc(C(C)(C)C)cc2c43)N1c1ccc(C(C)(C)C)cc1. The fourth-order valence-electron chi connectivity index (χ4n) is 8.55. The van der Waals surface area contributed by atoms with Crippen LogP contribution in [-0.2, 0) is 16.2 Å². The van der Waals surface area contributed by atoms with Gasteiger partial charge in [0.05, 0.1) is 11.0 Å². The topological polar surface area (TPSA) is 21.1 Å². The Morgan fingerprint density at radius 3 is 1.72 bits per heavy atom. The van der Waals surface area contributed by atoms with E-state index in [0.29, 0.717) is 0 Å². The average Bonchev–Trinajstić information content (AvgIpc) is 3.41. The molecule has 0 aliphatic carbocycles. The molecule has 0 unspecified atom stereocenters. The summed E-state index contributed by atoms with van der Waals surface area (Å²) >= 11 is 0. The average molecular weight is 716 g/mol. The maximum absolute atomic E-state index is 5.66. The van der Waals surface area contributed by atoms with Crippen LogP contribution < -0.4 is 15.8 Å². The van der Waals surface area contributed by atoms with E-state index in [4.69, 9.17) is 4.98 Å². The molecule has 0 spiro atoms. The van der Waals surface area contributed by atoms with Crippen LogP contribution in [0.3, 0.4) is 0 Å². The zero-order valence-electron chi connectivity index (χ0n) is 36.3. The molecule has 3 heterocycles. The zero-order valence-corrected chi connectivity index (χ0v) is 36.3. The smallest absolute Gasteiger partial charge is 0.251 e. The molecule has 4 aromatic carbocycles. The van der Waals surface area contributed by atoms with Gasteiger partial charge in [-0.3, -0.25) is 4.57 Å². The molecule has 0 amide bonds. The van der Waals surface area contributed by atoms with E-state index < -0.39 is 0 Å². The first kappa shape index (κ1) is 38.0. The van der Waals surface area contributed by atoms with Gasteiger partial charge in [-0.2, -0.15) is 0 Å². The first-order valence-corrected chi connectivity index (χ1v) is 20.0. The van der Waals surface area contributed by atoms with Crippen molar-refractivity contribution in [2.24, 2.45) is 5.41 Å². The molecule has 5 aromatic rings. The standard InChI is InChI=1S/C50H62BN3/c1-29-22-41-44-42(23-29)54-45-39(27-36(50(15,16)17)28-40(45)52-46(54)43-30(2)24-35(25-31(43)3)49(12,13)14)51(44)38(26-32(4)47(6,7)8)33(5)53(41)37-20-18-34(19-21-37)48(9,10)11/h18-28H,1-17H3/b32-26+. The zero-order chi connectivity index (χ0) is 39.6. The monoisotopic (exact) mass is 716 g/mol. The van der Waals surface area contributed by atoms with Gasteiger partial charge < -0.3 is 4.90 Å². The highest BCUT2D eigenvalue weighted by atomic mass is 15.2. The van der Waals surface area contributed by atoms with E-state index in [2.05, 4.69) is 194 Å². The summed E-state index contributed by atoms with van der Waals surface area (Å²) in [5, 5.41) is 0. The number of nitrogens with zero attached hydrogens (tertiary/aromatic N) is 3. The molecule has 3 nitrogen and oxygen atoms in total. The molecule has 7 rings (SSSR count). The lowest BCUT2D eigenvalue weighted by molar-refractivity contribution is 0.504. The fourth-order valence-corrected chi connectivity index (χ4v) is 8.55. The van der Waals surface area contributed by atoms with Crippen LogP contribution in [0.2, 0.25) is 0 Å². The van der Waals surface area contributed by atoms with Gasteiger partial charge in [-0.1, -0.05) is 125 Å². The number of imidazole rings is 1. The molecule has 0 atom stereocenters. The predicted octanol–water partition coefficient (Wildman–Crippen LogP) is 12.4. The van der Waals surface area contributed by atoms with Crippen molar-refractivity contribution in [2.45, 2.75) is 134 Å². The van der Waals surface area contributed by atoms with Crippen LogP contribution in [0.1, 0.15) is 130 Å². The predicted molar refractivity (Wildman–Crippen MR) is 236 cm³/mol. The van der Waals surface area contributed by atoms with Crippen LogP contribution in [0.15, 0.2) is 83.5 Å². The van der Waals surface area contributed by atoms with Crippen molar-refractivity contribution < 1.29 is 0 Å². The second-order valence-electron chi connectivity index (χ2n) is 20.6. The van der Waals surface area contributed by atoms with Gasteiger partial charge in [-0.05, 0) is 136 Å². The van der Waals surface area contributed by atoms with Gasteiger partial charge in [0.2, 0.25) is 0 Å². The lowest BCUT2D eigenvalue weighted by atomic mass is 9.33. The van der Waals surface area contributed by atoms with Gasteiger partial charge in [0.25, 0.3) is 6.71 Å². The summed E-state index contributed by atoms with van der Waals surface area (Å²) in [5.74, 6) is 1.04. The van der Waals surface area contributed by atoms with E-state index in [1.807, 2.05) is 0 Å². The summed E-state index contributed by atoms with van der Waals surface area (Å²) in [6.45, 7) is 39.3. The normalized spacial score (nSPS) is 15.1. The Morgan fingerprint density at radius 2 is 1.19 bits per heavy atom. The minimum absolute atomic E-state index is 0.0311. The molecule has 0 bridgehead atoms. The van der Waals surface area contributed by atoms with E-state index in [1.165, 1.54) is 89.2 Å². The first-order chi connectivity index (χ1) is 24.9. The number of hydrogen-bond donors (Lipinski definition) is 0. The minimum Gasteiger partial charge on any atom is -0.315 e. The van der Waals surface area contributed by atoms with Crippen LogP contribution in [0, 0.1) is 26.2 Å². The third kappa shape index (κ3) is 6.18. The van der Waals surface area contributed by atoms with Crippen molar-refractivity contribution in [1.82, 2.24) is 9.55 Å². The second-order valence-corrected chi connectivity index (χ2v) is 20.6. The highest BCUT2D eigenvalue weighted by Gasteiger charge is 2.43. The van der Waals surface area contributed by atoms with Crippen LogP contribution in [0.5, 0.6) is 0 Å². The van der Waals surface area contributed by atoms with Crippen molar-refractivity contribution in [3.05, 3.63) is 117 Å². The highest BCUT2D eigenvalue weighted by Crippen LogP contribution is 2.44. The number of fused-ring (bicyclic) bond motifs is 2. The highest BCUT2D eigenvalue weighted by molar-refractivity contribution is 6.95. The number of allylic oxidation sites excluding steroid dienone is 4. The summed E-state index contributed by atoms with van der Waals surface area (Å²) in [5.41, 5.74) is 21.9. The lowest BCUT2D eigenvalue weighted by Gasteiger charge is -2.41. The van der Waals surface area contributed by atoms with Gasteiger partial charge in [-0.15, -0.1) is 0 Å². The molecule has 0 saturated heterocycles. The van der Waals surface area contributed by atoms with E-state index in [-0.39, 0.29) is 28.4 Å². The van der Waals surface area contributed by atoms with Gasteiger partial charge in [0.15, 0.2) is 0 Å². The van der Waals surface area contributed by atoms with Crippen molar-refractivity contribution in [2.75, 3.05) is 4.90 Å². The first-order valence-electron chi connectivity index (χ1n) is 20.0. The van der Waals surface area contributed by atoms with Crippen LogP contribution in [0.25, 0.3) is 28.1 Å². The summed E-state index contributed by atoms with van der Waals surface area (Å²) in [4.78, 5) is 8.20. The molecular formula is C50H62BN3. The molecule has 0 radical (unpaired) electrons. The van der Waals surface area contributed by atoms with E-state index in [0.717, 1.165) is 11.3 Å². The summed E-state index contributed by atoms with van der Waals surface area (Å²) < 4.78 is 2.53. The number of aromatic nitrogens is 2. The number of anilines is 2. The maximum Gasteiger partial charge on any atom is 0.251 e. The van der Waals surface area contributed by atoms with Crippen LogP contribution >= 0.6 is 0 Å². The number of hydrogen-bond acceptors (Lipinski definition) is 2. The van der Waals surface area contributed by atoms with Gasteiger partial charge >= 0.3 is 0 Å². The Labute approximate surface area is 326 Å². The van der Waals surface area contributed by atoms with E-state index in [9.17, 15) is 0 Å². The van der Waals surface area contributed by atoms with Crippen molar-refractivity contribution in [1.29, 1.82) is 0 Å². The Kier molecular flexibility index (Phi) is 8.69. The van der Waals surface area contributed by atoms with Crippen LogP contribution in [-0.4, -0.2) is 16.3 Å². The van der Waals surface area contributed by atoms with E-state index in [1.54, 1.807) is 0 Å². The maximum atomic E-state index is 5.66. The minimum atomic E-state index is -0.0448. The quantitative estimate of drug-likeness (QED) is 0.173. The molecule has 54 heavy (non-hydrogen) atoms. The molecule has 0 saturated carbocycles. The number of rotatable bonds is 3. The molecule has 280 valence electrons. The second kappa shape index (κ2) is 12.4. The Bertz CT molecular complexity index is 2380. The molecule has 2 aliphatic heterocycles. The summed E-state index contributed by atoms with van der Waals surface area (Å²) in [7, 11) is 0. The fraction of sp³-hybridized carbons (Fsp3) is 0.420. The van der Waals surface area contributed by atoms with Crippen LogP contribution in [0.4, 0.5) is 11.4 Å². The summed E-state index contributed by atoms with van der Waals surface area (Å²) in [6.07, 6.45) is 2.52. The largest absolute Gasteiger partial charge is 0.315 e. The Balaban J connectivity index is 1.64. The third-order valence-electron chi connectivity index (χ3n) is 12.2. The number of aryl methyl sites for hydroxylation is 3. The third-order valence-corrected chi connectivity index (χ3v) is 12.2. The molecule has 0 fully saturated rings. The van der Waals surface area contributed by atoms with Gasteiger partial charge in [0, 0.05) is 28.3 Å². The lowest BCUT2D eigenvalue weighted by Crippen LogP contribution is -2.54. The molecule has 0 N–H and O–H groups in total. The van der Waals surface area contributed by atoms with Gasteiger partial charge in [-0.25, -0.2) is 4.98 Å². The summed E-state index contributed by atoms with van der Waals surface area (Å²) in [6, 6.07) is 23.8. The van der Waals surface area contributed by atoms with Crippen molar-refractivity contribution in [3.63, 3.8) is 0 Å². The molecule has 1 aromatic heterocycles. The number of benzene rings is 4. The molecule has 4 heteroatoms. The Hall–Kier alpha value is -4.31. The Morgan fingerprint density at radius 1 is 0.648 bits per heavy atom. The van der Waals surface area contributed by atoms with Crippen molar-refractivity contribution in [3.8, 4) is 17.1 Å². The molecule has 2 aliphatic rings. The van der Waals surface area contributed by atoms with Crippen molar-refractivity contribution >= 4 is 40.0 Å². The molecular weight excluding hydrogens is 653 g/mol. The van der Waals surface area contributed by atoms with Gasteiger partial charge in [0.1, 0.15) is 5.82 Å². The van der Waals surface area contributed by atoms with E-state index >= 15 is 0 Å².